The zero-order chi connectivity index (χ0) is 17.5. The van der Waals surface area contributed by atoms with Crippen LogP contribution in [0, 0.1) is 0 Å². The molecule has 8 nitrogen and oxygen atoms in total. The molecule has 0 aliphatic heterocycles. The Hall–Kier alpha value is -2.13. The van der Waals surface area contributed by atoms with Crippen molar-refractivity contribution < 1.29 is 28.2 Å². The van der Waals surface area contributed by atoms with Crippen LogP contribution in [0.1, 0.15) is 26.2 Å². The summed E-state index contributed by atoms with van der Waals surface area (Å²) in [6, 6.07) is 4.97. The average Bonchev–Trinajstić information content (AvgIpc) is 2.46. The first-order valence-corrected chi connectivity index (χ1v) is 8.71. The van der Waals surface area contributed by atoms with E-state index in [2.05, 4.69) is 10.9 Å². The number of sulfone groups is 1. The van der Waals surface area contributed by atoms with Crippen molar-refractivity contribution in [3.63, 3.8) is 0 Å². The zero-order valence-electron chi connectivity index (χ0n) is 12.7. The molecule has 1 atom stereocenters. The summed E-state index contributed by atoms with van der Waals surface area (Å²) in [7, 11) is -3.48. The van der Waals surface area contributed by atoms with E-state index in [1.165, 1.54) is 12.1 Å². The summed E-state index contributed by atoms with van der Waals surface area (Å²) < 4.78 is 24.4. The molecule has 0 saturated carbocycles. The quantitative estimate of drug-likeness (QED) is 0.464. The van der Waals surface area contributed by atoms with E-state index in [0.29, 0.717) is 6.42 Å². The number of hydrogen-bond acceptors (Lipinski definition) is 6. The van der Waals surface area contributed by atoms with E-state index in [1.807, 2.05) is 0 Å². The second-order valence-electron chi connectivity index (χ2n) is 4.91. The molecule has 0 amide bonds. The Morgan fingerprint density at radius 3 is 2.43 bits per heavy atom. The van der Waals surface area contributed by atoms with Crippen LogP contribution in [0.5, 0.6) is 0 Å². The highest BCUT2D eigenvalue weighted by atomic mass is 32.2. The van der Waals surface area contributed by atoms with E-state index < -0.39 is 27.8 Å². The molecule has 9 heteroatoms. The molecule has 0 radical (unpaired) electrons. The van der Waals surface area contributed by atoms with Gasteiger partial charge >= 0.3 is 11.9 Å². The van der Waals surface area contributed by atoms with Gasteiger partial charge in [-0.3, -0.25) is 9.59 Å². The molecule has 0 aliphatic rings. The molecule has 1 unspecified atom stereocenters. The van der Waals surface area contributed by atoms with Gasteiger partial charge in [0.15, 0.2) is 9.84 Å². The van der Waals surface area contributed by atoms with Crippen molar-refractivity contribution in [1.82, 2.24) is 5.43 Å². The highest BCUT2D eigenvalue weighted by Gasteiger charge is 2.21. The number of benzene rings is 1. The Morgan fingerprint density at radius 1 is 1.22 bits per heavy atom. The molecular weight excluding hydrogens is 324 g/mol. The van der Waals surface area contributed by atoms with Crippen LogP contribution in [0.3, 0.4) is 0 Å². The third-order valence-electron chi connectivity index (χ3n) is 3.02. The predicted octanol–water partition coefficient (Wildman–Crippen LogP) is 1.10. The SMILES string of the molecule is CCCS(=O)(=O)c1ccccc1NNC(CCC(=O)O)C(=O)O. The minimum Gasteiger partial charge on any atom is -0.481 e. The first kappa shape index (κ1) is 18.9. The Kier molecular flexibility index (Phi) is 6.98. The van der Waals surface area contributed by atoms with Gasteiger partial charge in [-0.15, -0.1) is 0 Å². The van der Waals surface area contributed by atoms with E-state index in [0.717, 1.165) is 0 Å². The number of hydrazine groups is 1. The molecule has 0 bridgehead atoms. The smallest absolute Gasteiger partial charge is 0.322 e. The number of carboxylic acid groups (broad SMARTS) is 2. The molecule has 4 N–H and O–H groups in total. The van der Waals surface area contributed by atoms with Gasteiger partial charge in [-0.1, -0.05) is 19.1 Å². The van der Waals surface area contributed by atoms with Crippen LogP contribution in [0.2, 0.25) is 0 Å². The number of para-hydroxylation sites is 1. The second-order valence-corrected chi connectivity index (χ2v) is 6.99. The lowest BCUT2D eigenvalue weighted by molar-refractivity contribution is -0.140. The molecule has 0 aliphatic carbocycles. The summed E-state index contributed by atoms with van der Waals surface area (Å²) in [5.74, 6) is -2.36. The van der Waals surface area contributed by atoms with E-state index in [9.17, 15) is 18.0 Å². The van der Waals surface area contributed by atoms with Gasteiger partial charge < -0.3 is 15.6 Å². The first-order valence-electron chi connectivity index (χ1n) is 7.06. The topological polar surface area (TPSA) is 133 Å². The van der Waals surface area contributed by atoms with Crippen molar-refractivity contribution >= 4 is 27.5 Å². The molecular formula is C14H20N2O6S. The maximum Gasteiger partial charge on any atom is 0.322 e. The number of carbonyl (C=O) groups is 2. The van der Waals surface area contributed by atoms with Gasteiger partial charge in [0.2, 0.25) is 0 Å². The zero-order valence-corrected chi connectivity index (χ0v) is 13.5. The first-order chi connectivity index (χ1) is 10.8. The molecule has 0 saturated heterocycles. The maximum absolute atomic E-state index is 12.2. The van der Waals surface area contributed by atoms with E-state index in [1.54, 1.807) is 19.1 Å². The number of carboxylic acids is 2. The van der Waals surface area contributed by atoms with Gasteiger partial charge in [-0.05, 0) is 25.0 Å². The minimum atomic E-state index is -3.48. The van der Waals surface area contributed by atoms with Gasteiger partial charge in [-0.25, -0.2) is 13.8 Å². The Labute approximate surface area is 134 Å². The van der Waals surface area contributed by atoms with Gasteiger partial charge in [0.1, 0.15) is 6.04 Å². The highest BCUT2D eigenvalue weighted by molar-refractivity contribution is 7.91. The van der Waals surface area contributed by atoms with Crippen LogP contribution in [0.4, 0.5) is 5.69 Å². The molecule has 1 rings (SSSR count). The van der Waals surface area contributed by atoms with E-state index in [4.69, 9.17) is 10.2 Å². The van der Waals surface area contributed by atoms with Crippen LogP contribution in [0.25, 0.3) is 0 Å². The fraction of sp³-hybridized carbons (Fsp3) is 0.429. The number of aliphatic carboxylic acids is 2. The van der Waals surface area contributed by atoms with Gasteiger partial charge in [-0.2, -0.15) is 0 Å². The summed E-state index contributed by atoms with van der Waals surface area (Å²) in [6.45, 7) is 1.75. The fourth-order valence-electron chi connectivity index (χ4n) is 1.91. The van der Waals surface area contributed by atoms with E-state index >= 15 is 0 Å². The molecule has 0 spiro atoms. The molecule has 1 aromatic carbocycles. The average molecular weight is 344 g/mol. The fourth-order valence-corrected chi connectivity index (χ4v) is 3.41. The molecule has 0 aromatic heterocycles. The van der Waals surface area contributed by atoms with Crippen molar-refractivity contribution in [3.8, 4) is 0 Å². The molecule has 1 aromatic rings. The van der Waals surface area contributed by atoms with Crippen molar-refractivity contribution in [2.75, 3.05) is 11.2 Å². The monoisotopic (exact) mass is 344 g/mol. The normalized spacial score (nSPS) is 12.6. The standard InChI is InChI=1S/C14H20N2O6S/c1-2-9-23(21,22)12-6-4-3-5-10(12)15-16-11(14(19)20)7-8-13(17)18/h3-6,11,15-16H,2,7-9H2,1H3,(H,17,18)(H,19,20). The van der Waals surface area contributed by atoms with Gasteiger partial charge in [0.05, 0.1) is 16.3 Å². The molecule has 128 valence electrons. The Bertz CT molecular complexity index is 659. The van der Waals surface area contributed by atoms with Crippen molar-refractivity contribution in [1.29, 1.82) is 0 Å². The molecule has 23 heavy (non-hydrogen) atoms. The second kappa shape index (κ2) is 8.49. The summed E-state index contributed by atoms with van der Waals surface area (Å²) in [6.07, 6.45) is 0.00340. The van der Waals surface area contributed by atoms with Gasteiger partial charge in [0, 0.05) is 6.42 Å². The van der Waals surface area contributed by atoms with Crippen molar-refractivity contribution in [2.24, 2.45) is 0 Å². The van der Waals surface area contributed by atoms with E-state index in [-0.39, 0.29) is 29.2 Å². The van der Waals surface area contributed by atoms with Crippen molar-refractivity contribution in [2.45, 2.75) is 37.1 Å². The van der Waals surface area contributed by atoms with Crippen LogP contribution >= 0.6 is 0 Å². The summed E-state index contributed by atoms with van der Waals surface area (Å²) >= 11 is 0. The molecule has 0 heterocycles. The number of hydrogen-bond donors (Lipinski definition) is 4. The summed E-state index contributed by atoms with van der Waals surface area (Å²) in [5, 5.41) is 17.7. The number of nitrogens with one attached hydrogen (secondary N) is 2. The van der Waals surface area contributed by atoms with Crippen LogP contribution in [-0.2, 0) is 19.4 Å². The predicted molar refractivity (Wildman–Crippen MR) is 83.8 cm³/mol. The third-order valence-corrected chi connectivity index (χ3v) is 4.99. The lowest BCUT2D eigenvalue weighted by Gasteiger charge is -2.17. The third kappa shape index (κ3) is 5.87. The Morgan fingerprint density at radius 2 is 1.87 bits per heavy atom. The van der Waals surface area contributed by atoms with Crippen LogP contribution in [0.15, 0.2) is 29.2 Å². The number of anilines is 1. The van der Waals surface area contributed by atoms with Gasteiger partial charge in [0.25, 0.3) is 0 Å². The summed E-state index contributed by atoms with van der Waals surface area (Å²) in [4.78, 5) is 21.7. The molecule has 0 fully saturated rings. The minimum absolute atomic E-state index is 0.0208. The lowest BCUT2D eigenvalue weighted by Crippen LogP contribution is -2.41. The number of rotatable bonds is 10. The van der Waals surface area contributed by atoms with Crippen LogP contribution < -0.4 is 10.9 Å². The van der Waals surface area contributed by atoms with Crippen molar-refractivity contribution in [3.05, 3.63) is 24.3 Å². The largest absolute Gasteiger partial charge is 0.481 e. The Balaban J connectivity index is 2.88. The highest BCUT2D eigenvalue weighted by Crippen LogP contribution is 2.22. The summed E-state index contributed by atoms with van der Waals surface area (Å²) in [5.41, 5.74) is 5.27. The van der Waals surface area contributed by atoms with Crippen LogP contribution in [-0.4, -0.2) is 42.4 Å². The maximum atomic E-state index is 12.2. The lowest BCUT2D eigenvalue weighted by atomic mass is 10.2.